The number of benzene rings is 1. The Kier molecular flexibility index (Phi) is 4.46. The van der Waals surface area contributed by atoms with E-state index in [4.69, 9.17) is 0 Å². The molecule has 0 spiro atoms. The van der Waals surface area contributed by atoms with Crippen LogP contribution in [0.15, 0.2) is 30.3 Å². The van der Waals surface area contributed by atoms with Gasteiger partial charge in [-0.25, -0.2) is 0 Å². The third-order valence-electron chi connectivity index (χ3n) is 2.82. The van der Waals surface area contributed by atoms with Crippen LogP contribution in [0.5, 0.6) is 0 Å². The zero-order valence-electron chi connectivity index (χ0n) is 9.76. The first-order valence-corrected chi connectivity index (χ1v) is 5.35. The van der Waals surface area contributed by atoms with E-state index in [1.54, 1.807) is 7.05 Å². The summed E-state index contributed by atoms with van der Waals surface area (Å²) in [5.41, 5.74) is 4.37. The number of carbonyl (C=O) groups is 1. The van der Waals surface area contributed by atoms with Crippen LogP contribution in [0.3, 0.4) is 0 Å². The van der Waals surface area contributed by atoms with Gasteiger partial charge in [-0.3, -0.25) is 4.79 Å². The number of aliphatic hydroxyl groups is 1. The Hall–Kier alpha value is -1.39. The Morgan fingerprint density at radius 3 is 2.50 bits per heavy atom. The van der Waals surface area contributed by atoms with E-state index in [1.165, 1.54) is 4.90 Å². The first kappa shape index (κ1) is 12.7. The lowest BCUT2D eigenvalue weighted by molar-refractivity contribution is -0.357. The van der Waals surface area contributed by atoms with Gasteiger partial charge in [-0.2, -0.15) is 0 Å². The molecule has 4 nitrogen and oxygen atoms in total. The van der Waals surface area contributed by atoms with E-state index < -0.39 is 6.10 Å². The minimum atomic E-state index is -0.665. The largest absolute Gasteiger partial charge is 0.386 e. The fraction of sp³-hybridized carbons (Fsp3) is 0.417. The molecule has 0 fully saturated rings. The van der Waals surface area contributed by atoms with Crippen LogP contribution in [0.25, 0.3) is 0 Å². The SMILES string of the molecule is C[C@@H]([C@@H](O)c1ccccc1)N(C)C(=O)C[NH3+]. The second-order valence-corrected chi connectivity index (χ2v) is 3.85. The zero-order valence-corrected chi connectivity index (χ0v) is 9.76. The van der Waals surface area contributed by atoms with Crippen molar-refractivity contribution in [3.63, 3.8) is 0 Å². The molecule has 16 heavy (non-hydrogen) atoms. The van der Waals surface area contributed by atoms with E-state index in [-0.39, 0.29) is 18.5 Å². The van der Waals surface area contributed by atoms with Crippen molar-refractivity contribution in [2.75, 3.05) is 13.6 Å². The van der Waals surface area contributed by atoms with E-state index >= 15 is 0 Å². The molecule has 4 heteroatoms. The Balaban J connectivity index is 2.74. The molecule has 1 amide bonds. The maximum absolute atomic E-state index is 11.4. The summed E-state index contributed by atoms with van der Waals surface area (Å²) in [5, 5.41) is 10.1. The fourth-order valence-corrected chi connectivity index (χ4v) is 1.54. The lowest BCUT2D eigenvalue weighted by Gasteiger charge is -2.28. The molecule has 0 heterocycles. The molecule has 1 aromatic rings. The van der Waals surface area contributed by atoms with Crippen LogP contribution in [0.2, 0.25) is 0 Å². The summed E-state index contributed by atoms with van der Waals surface area (Å²) in [6.45, 7) is 2.04. The lowest BCUT2D eigenvalue weighted by Crippen LogP contribution is -2.58. The van der Waals surface area contributed by atoms with Crippen LogP contribution in [-0.4, -0.2) is 35.5 Å². The Morgan fingerprint density at radius 2 is 2.00 bits per heavy atom. The summed E-state index contributed by atoms with van der Waals surface area (Å²) in [6, 6.07) is 9.08. The van der Waals surface area contributed by atoms with E-state index in [2.05, 4.69) is 5.73 Å². The minimum Gasteiger partial charge on any atom is -0.386 e. The number of nitrogens with zero attached hydrogens (tertiary/aromatic N) is 1. The van der Waals surface area contributed by atoms with Gasteiger partial charge in [0, 0.05) is 7.05 Å². The maximum atomic E-state index is 11.4. The van der Waals surface area contributed by atoms with Gasteiger partial charge in [-0.15, -0.1) is 0 Å². The normalized spacial score (nSPS) is 14.2. The number of hydrogen-bond acceptors (Lipinski definition) is 2. The number of hydrogen-bond donors (Lipinski definition) is 2. The summed E-state index contributed by atoms with van der Waals surface area (Å²) < 4.78 is 0. The average molecular weight is 223 g/mol. The van der Waals surface area contributed by atoms with Crippen LogP contribution in [0, 0.1) is 0 Å². The van der Waals surface area contributed by atoms with E-state index in [9.17, 15) is 9.90 Å². The smallest absolute Gasteiger partial charge is 0.277 e. The van der Waals surface area contributed by atoms with Gasteiger partial charge in [-0.05, 0) is 12.5 Å². The van der Waals surface area contributed by atoms with Crippen molar-refractivity contribution in [2.45, 2.75) is 19.1 Å². The van der Waals surface area contributed by atoms with Gasteiger partial charge >= 0.3 is 0 Å². The van der Waals surface area contributed by atoms with Gasteiger partial charge in [0.05, 0.1) is 12.1 Å². The van der Waals surface area contributed by atoms with Crippen LogP contribution in [-0.2, 0) is 4.79 Å². The zero-order chi connectivity index (χ0) is 12.1. The molecule has 2 atom stereocenters. The highest BCUT2D eigenvalue weighted by atomic mass is 16.3. The molecule has 0 aliphatic heterocycles. The van der Waals surface area contributed by atoms with Crippen molar-refractivity contribution in [2.24, 2.45) is 0 Å². The molecule has 0 radical (unpaired) electrons. The van der Waals surface area contributed by atoms with Crippen LogP contribution in [0.1, 0.15) is 18.6 Å². The quantitative estimate of drug-likeness (QED) is 0.743. The molecule has 0 saturated heterocycles. The fourth-order valence-electron chi connectivity index (χ4n) is 1.54. The number of aliphatic hydroxyl groups excluding tert-OH is 1. The molecule has 0 bridgehead atoms. The monoisotopic (exact) mass is 223 g/mol. The van der Waals surface area contributed by atoms with Gasteiger partial charge in [0.1, 0.15) is 0 Å². The predicted octanol–water partition coefficient (Wildman–Crippen LogP) is -0.191. The molecular weight excluding hydrogens is 204 g/mol. The number of likely N-dealkylation sites (N-methyl/N-ethyl adjacent to an activating group) is 1. The molecular formula is C12H19N2O2+. The van der Waals surface area contributed by atoms with Crippen molar-refractivity contribution in [3.05, 3.63) is 35.9 Å². The van der Waals surface area contributed by atoms with E-state index in [1.807, 2.05) is 37.3 Å². The number of quaternary nitrogens is 1. The molecule has 88 valence electrons. The molecule has 0 aliphatic carbocycles. The number of carbonyl (C=O) groups excluding carboxylic acids is 1. The summed E-state index contributed by atoms with van der Waals surface area (Å²) >= 11 is 0. The molecule has 0 aliphatic rings. The topological polar surface area (TPSA) is 68.2 Å². The third kappa shape index (κ3) is 2.81. The molecule has 1 rings (SSSR count). The number of amides is 1. The van der Waals surface area contributed by atoms with Crippen LogP contribution >= 0.6 is 0 Å². The maximum Gasteiger partial charge on any atom is 0.277 e. The van der Waals surface area contributed by atoms with Gasteiger partial charge in [0.25, 0.3) is 5.91 Å². The first-order chi connectivity index (χ1) is 7.57. The van der Waals surface area contributed by atoms with Gasteiger partial charge in [0.15, 0.2) is 6.54 Å². The van der Waals surface area contributed by atoms with E-state index in [0.29, 0.717) is 0 Å². The summed E-state index contributed by atoms with van der Waals surface area (Å²) in [5.74, 6) is -0.0671. The Morgan fingerprint density at radius 1 is 1.44 bits per heavy atom. The highest BCUT2D eigenvalue weighted by molar-refractivity contribution is 5.76. The summed E-state index contributed by atoms with van der Waals surface area (Å²) in [6.07, 6.45) is -0.665. The van der Waals surface area contributed by atoms with Gasteiger partial charge < -0.3 is 15.7 Å². The molecule has 1 aromatic carbocycles. The van der Waals surface area contributed by atoms with Crippen molar-refractivity contribution >= 4 is 5.91 Å². The van der Waals surface area contributed by atoms with Crippen LogP contribution in [0.4, 0.5) is 0 Å². The van der Waals surface area contributed by atoms with Crippen molar-refractivity contribution in [1.82, 2.24) is 4.90 Å². The summed E-state index contributed by atoms with van der Waals surface area (Å²) in [7, 11) is 1.68. The third-order valence-corrected chi connectivity index (χ3v) is 2.82. The highest BCUT2D eigenvalue weighted by Crippen LogP contribution is 2.19. The number of rotatable bonds is 4. The Labute approximate surface area is 95.7 Å². The molecule has 0 saturated carbocycles. The van der Waals surface area contributed by atoms with Gasteiger partial charge in [-0.1, -0.05) is 30.3 Å². The first-order valence-electron chi connectivity index (χ1n) is 5.35. The second-order valence-electron chi connectivity index (χ2n) is 3.85. The summed E-state index contributed by atoms with van der Waals surface area (Å²) in [4.78, 5) is 13.0. The Bertz CT molecular complexity index is 340. The van der Waals surface area contributed by atoms with Crippen molar-refractivity contribution in [3.8, 4) is 0 Å². The lowest BCUT2D eigenvalue weighted by atomic mass is 10.0. The van der Waals surface area contributed by atoms with Crippen molar-refractivity contribution < 1.29 is 15.6 Å². The standard InChI is InChI=1S/C12H18N2O2/c1-9(14(2)11(15)8-13)12(16)10-6-4-3-5-7-10/h3-7,9,12,16H,8,13H2,1-2H3/p+1/t9-,12+/m0/s1. The predicted molar refractivity (Wildman–Crippen MR) is 61.4 cm³/mol. The van der Waals surface area contributed by atoms with E-state index in [0.717, 1.165) is 5.56 Å². The average Bonchev–Trinajstić information content (AvgIpc) is 2.36. The van der Waals surface area contributed by atoms with Crippen molar-refractivity contribution in [1.29, 1.82) is 0 Å². The van der Waals surface area contributed by atoms with Gasteiger partial charge in [0.2, 0.25) is 0 Å². The minimum absolute atomic E-state index is 0.0671. The molecule has 0 unspecified atom stereocenters. The molecule has 4 N–H and O–H groups in total. The highest BCUT2D eigenvalue weighted by Gasteiger charge is 2.23. The van der Waals surface area contributed by atoms with Crippen LogP contribution < -0.4 is 5.73 Å². The second kappa shape index (κ2) is 5.63. The molecule has 0 aromatic heterocycles.